The smallest absolute Gasteiger partial charge is 0.238 e. The number of amides is 2. The molecule has 2 N–H and O–H groups in total. The summed E-state index contributed by atoms with van der Waals surface area (Å²) in [5.41, 5.74) is 4.04. The van der Waals surface area contributed by atoms with Crippen LogP contribution in [0.4, 0.5) is 5.69 Å². The fourth-order valence-corrected chi connectivity index (χ4v) is 3.55. The Kier molecular flexibility index (Phi) is 6.95. The van der Waals surface area contributed by atoms with Gasteiger partial charge in [-0.25, -0.2) is 0 Å². The van der Waals surface area contributed by atoms with Crippen molar-refractivity contribution in [3.63, 3.8) is 0 Å². The van der Waals surface area contributed by atoms with Crippen LogP contribution in [0.1, 0.15) is 16.7 Å². The zero-order valence-electron chi connectivity index (χ0n) is 18.0. The summed E-state index contributed by atoms with van der Waals surface area (Å²) in [6, 6.07) is 11.5. The van der Waals surface area contributed by atoms with Gasteiger partial charge in [-0.2, -0.15) is 0 Å². The number of nitrogens with zero attached hydrogens (tertiary/aromatic N) is 1. The van der Waals surface area contributed by atoms with Crippen molar-refractivity contribution in [3.05, 3.63) is 53.1 Å². The summed E-state index contributed by atoms with van der Waals surface area (Å²) in [7, 11) is 1.74. The quantitative estimate of drug-likeness (QED) is 0.732. The first kappa shape index (κ1) is 21.6. The van der Waals surface area contributed by atoms with Crippen molar-refractivity contribution in [2.24, 2.45) is 0 Å². The van der Waals surface area contributed by atoms with Crippen LogP contribution < -0.4 is 20.1 Å². The fourth-order valence-electron chi connectivity index (χ4n) is 3.55. The van der Waals surface area contributed by atoms with Gasteiger partial charge in [0.15, 0.2) is 11.5 Å². The van der Waals surface area contributed by atoms with Crippen LogP contribution in [0.15, 0.2) is 36.4 Å². The predicted molar refractivity (Wildman–Crippen MR) is 116 cm³/mol. The zero-order valence-corrected chi connectivity index (χ0v) is 18.0. The Balaban J connectivity index is 1.42. The molecule has 0 saturated heterocycles. The average Bonchev–Trinajstić information content (AvgIpc) is 2.68. The van der Waals surface area contributed by atoms with Gasteiger partial charge in [-0.1, -0.05) is 29.8 Å². The van der Waals surface area contributed by atoms with Crippen LogP contribution >= 0.6 is 0 Å². The number of ether oxygens (including phenoxy) is 2. The molecule has 3 rings (SSSR count). The number of rotatable bonds is 7. The van der Waals surface area contributed by atoms with Crippen LogP contribution in [0.2, 0.25) is 0 Å². The minimum absolute atomic E-state index is 0.115. The van der Waals surface area contributed by atoms with Crippen molar-refractivity contribution in [1.29, 1.82) is 0 Å². The molecule has 0 saturated carbocycles. The van der Waals surface area contributed by atoms with E-state index in [2.05, 4.69) is 10.6 Å². The first-order chi connectivity index (χ1) is 14.3. The van der Waals surface area contributed by atoms with Crippen LogP contribution in [-0.2, 0) is 9.59 Å². The predicted octanol–water partition coefficient (Wildman–Crippen LogP) is 2.44. The van der Waals surface area contributed by atoms with E-state index in [4.69, 9.17) is 9.47 Å². The van der Waals surface area contributed by atoms with E-state index in [-0.39, 0.29) is 31.0 Å². The molecule has 160 valence electrons. The summed E-state index contributed by atoms with van der Waals surface area (Å²) in [6.07, 6.45) is -0.245. The average molecular weight is 412 g/mol. The standard InChI is InChI=1S/C23H29N3O4/c1-15-9-16(2)23(17(3)10-15)25-22(28)13-26(4)12-21(27)24-11-18-14-29-19-7-5-6-8-20(19)30-18/h5-10,18H,11-14H2,1-4H3,(H,24,27)(H,25,28). The van der Waals surface area contributed by atoms with E-state index in [0.29, 0.717) is 24.7 Å². The van der Waals surface area contributed by atoms with E-state index in [1.165, 1.54) is 0 Å². The van der Waals surface area contributed by atoms with Gasteiger partial charge in [0, 0.05) is 5.69 Å². The number of para-hydroxylation sites is 2. The Morgan fingerprint density at radius 3 is 2.37 bits per heavy atom. The van der Waals surface area contributed by atoms with E-state index in [1.807, 2.05) is 57.2 Å². The third kappa shape index (κ3) is 5.73. The fraction of sp³-hybridized carbons (Fsp3) is 0.391. The van der Waals surface area contributed by atoms with Gasteiger partial charge in [-0.05, 0) is 51.1 Å². The second kappa shape index (κ2) is 9.63. The number of hydrogen-bond donors (Lipinski definition) is 2. The Morgan fingerprint density at radius 1 is 1.03 bits per heavy atom. The van der Waals surface area contributed by atoms with E-state index in [9.17, 15) is 9.59 Å². The van der Waals surface area contributed by atoms with Gasteiger partial charge < -0.3 is 20.1 Å². The topological polar surface area (TPSA) is 79.9 Å². The maximum Gasteiger partial charge on any atom is 0.238 e. The number of hydrogen-bond acceptors (Lipinski definition) is 5. The number of carbonyl (C=O) groups excluding carboxylic acids is 2. The molecule has 1 atom stereocenters. The summed E-state index contributed by atoms with van der Waals surface area (Å²) in [6.45, 7) is 6.94. The van der Waals surface area contributed by atoms with Crippen molar-refractivity contribution < 1.29 is 19.1 Å². The van der Waals surface area contributed by atoms with E-state index in [0.717, 1.165) is 22.4 Å². The maximum atomic E-state index is 12.4. The van der Waals surface area contributed by atoms with E-state index >= 15 is 0 Å². The Morgan fingerprint density at radius 2 is 1.67 bits per heavy atom. The minimum Gasteiger partial charge on any atom is -0.486 e. The molecule has 30 heavy (non-hydrogen) atoms. The van der Waals surface area contributed by atoms with Crippen molar-refractivity contribution in [3.8, 4) is 11.5 Å². The first-order valence-corrected chi connectivity index (χ1v) is 10.0. The molecular formula is C23H29N3O4. The maximum absolute atomic E-state index is 12.4. The molecule has 2 aromatic carbocycles. The number of anilines is 1. The third-order valence-corrected chi connectivity index (χ3v) is 4.86. The monoisotopic (exact) mass is 411 g/mol. The Labute approximate surface area is 177 Å². The van der Waals surface area contributed by atoms with Crippen molar-refractivity contribution in [2.45, 2.75) is 26.9 Å². The Bertz CT molecular complexity index is 905. The molecule has 1 aliphatic rings. The van der Waals surface area contributed by atoms with Crippen molar-refractivity contribution in [2.75, 3.05) is 38.6 Å². The van der Waals surface area contributed by atoms with Gasteiger partial charge >= 0.3 is 0 Å². The normalized spacial score (nSPS) is 15.0. The second-order valence-corrected chi connectivity index (χ2v) is 7.80. The summed E-state index contributed by atoms with van der Waals surface area (Å²) < 4.78 is 11.5. The van der Waals surface area contributed by atoms with Crippen molar-refractivity contribution in [1.82, 2.24) is 10.2 Å². The Hall–Kier alpha value is -3.06. The number of likely N-dealkylation sites (N-methyl/N-ethyl adjacent to an activating group) is 1. The third-order valence-electron chi connectivity index (χ3n) is 4.86. The highest BCUT2D eigenvalue weighted by Crippen LogP contribution is 2.30. The number of nitrogens with one attached hydrogen (secondary N) is 2. The number of benzene rings is 2. The van der Waals surface area contributed by atoms with Gasteiger partial charge in [0.05, 0.1) is 19.6 Å². The highest BCUT2D eigenvalue weighted by molar-refractivity contribution is 5.94. The zero-order chi connectivity index (χ0) is 21.7. The lowest BCUT2D eigenvalue weighted by molar-refractivity contribution is -0.123. The molecule has 0 spiro atoms. The summed E-state index contributed by atoms with van der Waals surface area (Å²) in [5.74, 6) is 1.07. The van der Waals surface area contributed by atoms with Crippen LogP contribution in [0.25, 0.3) is 0 Å². The van der Waals surface area contributed by atoms with Crippen molar-refractivity contribution >= 4 is 17.5 Å². The summed E-state index contributed by atoms with van der Waals surface area (Å²) in [5, 5.41) is 5.80. The molecule has 1 aliphatic heterocycles. The number of carbonyl (C=O) groups is 2. The highest BCUT2D eigenvalue weighted by atomic mass is 16.6. The molecular weight excluding hydrogens is 382 g/mol. The lowest BCUT2D eigenvalue weighted by Crippen LogP contribution is -2.44. The SMILES string of the molecule is Cc1cc(C)c(NC(=O)CN(C)CC(=O)NCC2COc3ccccc3O2)c(C)c1. The van der Waals surface area contributed by atoms with Gasteiger partial charge in [0.2, 0.25) is 11.8 Å². The van der Waals surface area contributed by atoms with Gasteiger partial charge in [-0.15, -0.1) is 0 Å². The molecule has 0 radical (unpaired) electrons. The molecule has 1 unspecified atom stereocenters. The lowest BCUT2D eigenvalue weighted by atomic mass is 10.1. The largest absolute Gasteiger partial charge is 0.486 e. The van der Waals surface area contributed by atoms with E-state index < -0.39 is 0 Å². The molecule has 0 bridgehead atoms. The molecule has 7 heteroatoms. The van der Waals surface area contributed by atoms with Crippen LogP contribution in [-0.4, -0.2) is 56.1 Å². The molecule has 1 heterocycles. The molecule has 2 amide bonds. The number of aryl methyl sites for hydroxylation is 3. The van der Waals surface area contributed by atoms with Crippen LogP contribution in [0, 0.1) is 20.8 Å². The molecule has 2 aromatic rings. The van der Waals surface area contributed by atoms with Crippen LogP contribution in [0.3, 0.4) is 0 Å². The highest BCUT2D eigenvalue weighted by Gasteiger charge is 2.21. The van der Waals surface area contributed by atoms with Crippen LogP contribution in [0.5, 0.6) is 11.5 Å². The summed E-state index contributed by atoms with van der Waals surface area (Å²) in [4.78, 5) is 26.3. The second-order valence-electron chi connectivity index (χ2n) is 7.80. The molecule has 7 nitrogen and oxygen atoms in total. The minimum atomic E-state index is -0.245. The first-order valence-electron chi connectivity index (χ1n) is 10.0. The van der Waals surface area contributed by atoms with Gasteiger partial charge in [-0.3, -0.25) is 14.5 Å². The molecule has 0 aromatic heterocycles. The number of fused-ring (bicyclic) bond motifs is 1. The molecule has 0 fully saturated rings. The summed E-state index contributed by atoms with van der Waals surface area (Å²) >= 11 is 0. The molecule has 0 aliphatic carbocycles. The van der Waals surface area contributed by atoms with Gasteiger partial charge in [0.1, 0.15) is 12.7 Å². The van der Waals surface area contributed by atoms with Gasteiger partial charge in [0.25, 0.3) is 0 Å². The lowest BCUT2D eigenvalue weighted by Gasteiger charge is -2.26. The van der Waals surface area contributed by atoms with E-state index in [1.54, 1.807) is 11.9 Å².